The van der Waals surface area contributed by atoms with Crippen LogP contribution in [0.3, 0.4) is 0 Å². The van der Waals surface area contributed by atoms with Crippen molar-refractivity contribution < 1.29 is 4.74 Å². The average molecular weight is 280 g/mol. The zero-order valence-electron chi connectivity index (χ0n) is 13.2. The highest BCUT2D eigenvalue weighted by atomic mass is 16.5. The van der Waals surface area contributed by atoms with Crippen molar-refractivity contribution in [2.75, 3.05) is 26.2 Å². The average Bonchev–Trinajstić information content (AvgIpc) is 2.87. The van der Waals surface area contributed by atoms with Crippen LogP contribution in [-0.2, 0) is 4.74 Å². The molecular weight excluding hydrogens is 248 g/mol. The highest BCUT2D eigenvalue weighted by Crippen LogP contribution is 2.40. The molecule has 1 saturated carbocycles. The number of piperidine rings is 1. The van der Waals surface area contributed by atoms with Gasteiger partial charge in [0.05, 0.1) is 5.60 Å². The summed E-state index contributed by atoms with van der Waals surface area (Å²) in [6, 6.07) is 1.30. The van der Waals surface area contributed by atoms with Gasteiger partial charge in [0, 0.05) is 25.2 Å². The van der Waals surface area contributed by atoms with E-state index in [0.717, 1.165) is 6.61 Å². The number of rotatable bonds is 4. The van der Waals surface area contributed by atoms with Gasteiger partial charge in [0.15, 0.2) is 0 Å². The molecule has 3 fully saturated rings. The molecule has 3 rings (SSSR count). The third-order valence-electron chi connectivity index (χ3n) is 5.51. The molecule has 0 amide bonds. The van der Waals surface area contributed by atoms with Crippen LogP contribution in [0.25, 0.3) is 0 Å². The molecule has 1 spiro atoms. The molecule has 3 aliphatic rings. The first-order valence-electron chi connectivity index (χ1n) is 8.88. The molecule has 2 unspecified atom stereocenters. The number of likely N-dealkylation sites (tertiary alicyclic amines) is 1. The summed E-state index contributed by atoms with van der Waals surface area (Å²) in [5.74, 6) is 0. The lowest BCUT2D eigenvalue weighted by Gasteiger charge is -2.40. The Balaban J connectivity index is 1.44. The fraction of sp³-hybridized carbons (Fsp3) is 1.00. The van der Waals surface area contributed by atoms with Gasteiger partial charge in [-0.05, 0) is 58.5 Å². The summed E-state index contributed by atoms with van der Waals surface area (Å²) in [4.78, 5) is 2.64. The van der Waals surface area contributed by atoms with Crippen molar-refractivity contribution in [1.29, 1.82) is 0 Å². The fourth-order valence-electron chi connectivity index (χ4n) is 4.52. The Hall–Kier alpha value is -0.120. The van der Waals surface area contributed by atoms with Gasteiger partial charge >= 0.3 is 0 Å². The lowest BCUT2D eigenvalue weighted by Crippen LogP contribution is -2.51. The standard InChI is InChI=1S/C17H32N2O/c1-15(14-19-10-5-2-6-11-19)18-16-7-12-20-17(13-16)8-3-4-9-17/h15-16,18H,2-14H2,1H3. The summed E-state index contributed by atoms with van der Waals surface area (Å²) < 4.78 is 6.14. The van der Waals surface area contributed by atoms with Gasteiger partial charge in [-0.2, -0.15) is 0 Å². The Morgan fingerprint density at radius 1 is 1.15 bits per heavy atom. The van der Waals surface area contributed by atoms with Gasteiger partial charge in [-0.25, -0.2) is 0 Å². The topological polar surface area (TPSA) is 24.5 Å². The molecule has 3 nitrogen and oxygen atoms in total. The van der Waals surface area contributed by atoms with Crippen LogP contribution in [0.15, 0.2) is 0 Å². The SMILES string of the molecule is CC(CN1CCCCC1)NC1CCOC2(CCCC2)C1. The van der Waals surface area contributed by atoms with E-state index >= 15 is 0 Å². The van der Waals surface area contributed by atoms with Crippen molar-refractivity contribution in [2.45, 2.75) is 82.4 Å². The van der Waals surface area contributed by atoms with E-state index in [2.05, 4.69) is 17.1 Å². The molecule has 0 aromatic carbocycles. The van der Waals surface area contributed by atoms with E-state index in [1.165, 1.54) is 77.4 Å². The first-order valence-corrected chi connectivity index (χ1v) is 8.88. The van der Waals surface area contributed by atoms with Crippen molar-refractivity contribution in [2.24, 2.45) is 0 Å². The van der Waals surface area contributed by atoms with Gasteiger partial charge in [-0.15, -0.1) is 0 Å². The Morgan fingerprint density at radius 2 is 1.90 bits per heavy atom. The second-order valence-electron chi connectivity index (χ2n) is 7.36. The van der Waals surface area contributed by atoms with Gasteiger partial charge in [-0.1, -0.05) is 19.3 Å². The van der Waals surface area contributed by atoms with Crippen LogP contribution in [0.4, 0.5) is 0 Å². The summed E-state index contributed by atoms with van der Waals surface area (Å²) in [6.45, 7) is 7.18. The maximum Gasteiger partial charge on any atom is 0.0697 e. The van der Waals surface area contributed by atoms with Crippen LogP contribution in [0.5, 0.6) is 0 Å². The van der Waals surface area contributed by atoms with E-state index in [4.69, 9.17) is 4.74 Å². The normalized spacial score (nSPS) is 32.5. The molecule has 20 heavy (non-hydrogen) atoms. The quantitative estimate of drug-likeness (QED) is 0.857. The first kappa shape index (κ1) is 14.8. The van der Waals surface area contributed by atoms with Crippen LogP contribution in [-0.4, -0.2) is 48.8 Å². The van der Waals surface area contributed by atoms with E-state index < -0.39 is 0 Å². The van der Waals surface area contributed by atoms with Gasteiger partial charge in [0.25, 0.3) is 0 Å². The monoisotopic (exact) mass is 280 g/mol. The molecular formula is C17H32N2O. The Kier molecular flexibility index (Phi) is 5.00. The first-order chi connectivity index (χ1) is 9.76. The van der Waals surface area contributed by atoms with Gasteiger partial charge in [0.2, 0.25) is 0 Å². The molecule has 2 atom stereocenters. The van der Waals surface area contributed by atoms with E-state index in [9.17, 15) is 0 Å². The van der Waals surface area contributed by atoms with E-state index in [1.54, 1.807) is 0 Å². The Bertz CT molecular complexity index is 295. The molecule has 2 aliphatic heterocycles. The minimum absolute atomic E-state index is 0.251. The highest BCUT2D eigenvalue weighted by Gasteiger charge is 2.40. The van der Waals surface area contributed by atoms with E-state index in [-0.39, 0.29) is 5.60 Å². The maximum absolute atomic E-state index is 6.14. The number of nitrogens with zero attached hydrogens (tertiary/aromatic N) is 1. The minimum atomic E-state index is 0.251. The predicted octanol–water partition coefficient (Wildman–Crippen LogP) is 2.94. The summed E-state index contributed by atoms with van der Waals surface area (Å²) in [5.41, 5.74) is 0.251. The summed E-state index contributed by atoms with van der Waals surface area (Å²) in [7, 11) is 0. The molecule has 1 N–H and O–H groups in total. The number of hydrogen-bond acceptors (Lipinski definition) is 3. The fourth-order valence-corrected chi connectivity index (χ4v) is 4.52. The molecule has 0 aromatic rings. The maximum atomic E-state index is 6.14. The third kappa shape index (κ3) is 3.75. The number of nitrogens with one attached hydrogen (secondary N) is 1. The van der Waals surface area contributed by atoms with Crippen LogP contribution < -0.4 is 5.32 Å². The van der Waals surface area contributed by atoms with Crippen molar-refractivity contribution in [3.05, 3.63) is 0 Å². The van der Waals surface area contributed by atoms with Gasteiger partial charge in [-0.3, -0.25) is 0 Å². The van der Waals surface area contributed by atoms with Crippen LogP contribution in [0.1, 0.15) is 64.7 Å². The summed E-state index contributed by atoms with van der Waals surface area (Å²) >= 11 is 0. The highest BCUT2D eigenvalue weighted by molar-refractivity contribution is 4.94. The zero-order chi connectivity index (χ0) is 13.8. The lowest BCUT2D eigenvalue weighted by molar-refractivity contribution is -0.0848. The van der Waals surface area contributed by atoms with Crippen LogP contribution in [0.2, 0.25) is 0 Å². The molecule has 0 aromatic heterocycles. The second kappa shape index (κ2) is 6.76. The molecule has 2 heterocycles. The molecule has 1 aliphatic carbocycles. The number of hydrogen-bond donors (Lipinski definition) is 1. The number of ether oxygens (including phenoxy) is 1. The van der Waals surface area contributed by atoms with Crippen molar-refractivity contribution in [3.8, 4) is 0 Å². The van der Waals surface area contributed by atoms with Crippen molar-refractivity contribution >= 4 is 0 Å². The predicted molar refractivity (Wildman–Crippen MR) is 83.1 cm³/mol. The second-order valence-corrected chi connectivity index (χ2v) is 7.36. The van der Waals surface area contributed by atoms with Crippen LogP contribution in [0, 0.1) is 0 Å². The van der Waals surface area contributed by atoms with Crippen molar-refractivity contribution in [1.82, 2.24) is 10.2 Å². The van der Waals surface area contributed by atoms with E-state index in [1.807, 2.05) is 0 Å². The summed E-state index contributed by atoms with van der Waals surface area (Å²) in [6.07, 6.45) is 12.0. The molecule has 0 bridgehead atoms. The smallest absolute Gasteiger partial charge is 0.0697 e. The Morgan fingerprint density at radius 3 is 2.65 bits per heavy atom. The molecule has 3 heteroatoms. The van der Waals surface area contributed by atoms with E-state index in [0.29, 0.717) is 12.1 Å². The summed E-state index contributed by atoms with van der Waals surface area (Å²) in [5, 5.41) is 3.90. The zero-order valence-corrected chi connectivity index (χ0v) is 13.2. The van der Waals surface area contributed by atoms with Gasteiger partial charge < -0.3 is 15.0 Å². The van der Waals surface area contributed by atoms with Crippen LogP contribution >= 0.6 is 0 Å². The molecule has 116 valence electrons. The molecule has 0 radical (unpaired) electrons. The third-order valence-corrected chi connectivity index (χ3v) is 5.51. The molecule has 2 saturated heterocycles. The Labute approximate surface area is 124 Å². The van der Waals surface area contributed by atoms with Gasteiger partial charge in [0.1, 0.15) is 0 Å². The largest absolute Gasteiger partial charge is 0.375 e. The van der Waals surface area contributed by atoms with Crippen molar-refractivity contribution in [3.63, 3.8) is 0 Å². The minimum Gasteiger partial charge on any atom is -0.375 e. The lowest BCUT2D eigenvalue weighted by atomic mass is 9.88.